The van der Waals surface area contributed by atoms with Crippen molar-refractivity contribution < 1.29 is 33.1 Å². The molecule has 9 nitrogen and oxygen atoms in total. The lowest BCUT2D eigenvalue weighted by molar-refractivity contribution is -0.159. The summed E-state index contributed by atoms with van der Waals surface area (Å²) < 4.78 is 9.64. The zero-order valence-electron chi connectivity index (χ0n) is 15.3. The molecule has 1 saturated heterocycles. The fourth-order valence-electron chi connectivity index (χ4n) is 3.21. The molecule has 1 unspecified atom stereocenters. The summed E-state index contributed by atoms with van der Waals surface area (Å²) in [4.78, 5) is 54.3. The number of hydrogen-bond acceptors (Lipinski definition) is 6. The van der Waals surface area contributed by atoms with Crippen molar-refractivity contribution in [3.8, 4) is 0 Å². The summed E-state index contributed by atoms with van der Waals surface area (Å²) in [7, 11) is 0. The van der Waals surface area contributed by atoms with E-state index in [1.165, 1.54) is 19.5 Å². The lowest BCUT2D eigenvalue weighted by Gasteiger charge is -2.37. The molecule has 0 aromatic carbocycles. The molecule has 1 aromatic rings. The number of rotatable bonds is 7. The SMILES string of the molecule is CCOC(=O)C(=[N+]=[N-])C(=O)C1(CC)CCCN(C(=O)Cc2ccoc2)C1=O. The van der Waals surface area contributed by atoms with E-state index in [-0.39, 0.29) is 32.4 Å². The van der Waals surface area contributed by atoms with Crippen LogP contribution in [0.1, 0.15) is 38.7 Å². The number of ether oxygens (including phenoxy) is 1. The molecule has 0 N–H and O–H groups in total. The molecular weight excluding hydrogens is 354 g/mol. The van der Waals surface area contributed by atoms with Gasteiger partial charge in [0.1, 0.15) is 5.41 Å². The molecule has 1 aliphatic rings. The number of esters is 1. The predicted molar refractivity (Wildman–Crippen MR) is 91.4 cm³/mol. The highest BCUT2D eigenvalue weighted by atomic mass is 16.5. The van der Waals surface area contributed by atoms with Crippen LogP contribution < -0.4 is 0 Å². The Hall–Kier alpha value is -3.06. The van der Waals surface area contributed by atoms with Gasteiger partial charge in [-0.2, -0.15) is 4.79 Å². The second-order valence-electron chi connectivity index (χ2n) is 6.20. The first-order valence-electron chi connectivity index (χ1n) is 8.71. The van der Waals surface area contributed by atoms with Crippen molar-refractivity contribution >= 4 is 29.3 Å². The number of imide groups is 1. The molecule has 2 rings (SSSR count). The standard InChI is InChI=1S/C18H21N3O6/c1-3-18(15(23)14(20-19)16(24)27-4-2)7-5-8-21(17(18)25)13(22)10-12-6-9-26-11-12/h6,9,11H,3-5,7-8,10H2,1-2H3. The normalized spacial score (nSPS) is 19.3. The van der Waals surface area contributed by atoms with E-state index in [2.05, 4.69) is 4.79 Å². The van der Waals surface area contributed by atoms with E-state index in [4.69, 9.17) is 14.7 Å². The van der Waals surface area contributed by atoms with Crippen molar-refractivity contribution in [2.75, 3.05) is 13.2 Å². The van der Waals surface area contributed by atoms with Crippen LogP contribution in [0.3, 0.4) is 0 Å². The minimum atomic E-state index is -1.64. The largest absolute Gasteiger partial charge is 0.472 e. The lowest BCUT2D eigenvalue weighted by Crippen LogP contribution is -2.57. The summed E-state index contributed by atoms with van der Waals surface area (Å²) in [5.74, 6) is -3.20. The number of nitrogens with zero attached hydrogens (tertiary/aromatic N) is 3. The molecule has 1 atom stereocenters. The lowest BCUT2D eigenvalue weighted by atomic mass is 9.71. The molecule has 27 heavy (non-hydrogen) atoms. The average molecular weight is 375 g/mol. The summed E-state index contributed by atoms with van der Waals surface area (Å²) in [5.41, 5.74) is 7.26. The van der Waals surface area contributed by atoms with Crippen LogP contribution in [0.5, 0.6) is 0 Å². The van der Waals surface area contributed by atoms with E-state index < -0.39 is 34.7 Å². The van der Waals surface area contributed by atoms with Gasteiger partial charge in [0.15, 0.2) is 0 Å². The van der Waals surface area contributed by atoms with Gasteiger partial charge in [0.2, 0.25) is 11.8 Å². The molecule has 0 radical (unpaired) electrons. The van der Waals surface area contributed by atoms with E-state index in [1.54, 1.807) is 13.0 Å². The third-order valence-electron chi connectivity index (χ3n) is 4.70. The maximum Gasteiger partial charge on any atom is 0.442 e. The summed E-state index contributed by atoms with van der Waals surface area (Å²) in [6.07, 6.45) is 3.37. The Balaban J connectivity index is 2.30. The van der Waals surface area contributed by atoms with Gasteiger partial charge in [0.05, 0.1) is 25.6 Å². The first kappa shape index (κ1) is 20.3. The van der Waals surface area contributed by atoms with Crippen molar-refractivity contribution in [3.05, 3.63) is 29.7 Å². The molecule has 2 amide bonds. The van der Waals surface area contributed by atoms with Gasteiger partial charge in [-0.15, -0.1) is 0 Å². The Morgan fingerprint density at radius 2 is 2.11 bits per heavy atom. The Morgan fingerprint density at radius 1 is 1.37 bits per heavy atom. The molecule has 0 bridgehead atoms. The fraction of sp³-hybridized carbons (Fsp3) is 0.500. The van der Waals surface area contributed by atoms with Crippen molar-refractivity contribution in [1.29, 1.82) is 0 Å². The Morgan fingerprint density at radius 3 is 2.67 bits per heavy atom. The van der Waals surface area contributed by atoms with Gasteiger partial charge < -0.3 is 14.7 Å². The monoisotopic (exact) mass is 375 g/mol. The molecule has 0 aliphatic carbocycles. The third-order valence-corrected chi connectivity index (χ3v) is 4.70. The van der Waals surface area contributed by atoms with Crippen LogP contribution in [-0.4, -0.2) is 52.1 Å². The molecule has 0 saturated carbocycles. The van der Waals surface area contributed by atoms with E-state index in [1.807, 2.05) is 0 Å². The van der Waals surface area contributed by atoms with Gasteiger partial charge in [-0.3, -0.25) is 19.3 Å². The van der Waals surface area contributed by atoms with Crippen LogP contribution in [0.25, 0.3) is 5.53 Å². The van der Waals surface area contributed by atoms with Gasteiger partial charge in [-0.05, 0) is 37.8 Å². The quantitative estimate of drug-likeness (QED) is 0.231. The summed E-state index contributed by atoms with van der Waals surface area (Å²) >= 11 is 0. The number of amides is 2. The van der Waals surface area contributed by atoms with Crippen molar-refractivity contribution in [2.45, 2.75) is 39.5 Å². The molecular formula is C18H21N3O6. The number of likely N-dealkylation sites (tertiary alicyclic amines) is 1. The average Bonchev–Trinajstić information content (AvgIpc) is 3.15. The summed E-state index contributed by atoms with van der Waals surface area (Å²) in [6, 6.07) is 1.61. The van der Waals surface area contributed by atoms with E-state index in [0.29, 0.717) is 12.0 Å². The maximum atomic E-state index is 13.1. The highest BCUT2D eigenvalue weighted by Crippen LogP contribution is 2.36. The molecule has 0 spiro atoms. The molecule has 2 heterocycles. The van der Waals surface area contributed by atoms with Gasteiger partial charge in [-0.25, -0.2) is 4.79 Å². The summed E-state index contributed by atoms with van der Waals surface area (Å²) in [5, 5.41) is 0. The number of carbonyl (C=O) groups is 4. The molecule has 1 aliphatic heterocycles. The van der Waals surface area contributed by atoms with Gasteiger partial charge in [-0.1, -0.05) is 6.92 Å². The van der Waals surface area contributed by atoms with E-state index in [9.17, 15) is 19.2 Å². The number of carbonyl (C=O) groups excluding carboxylic acids is 4. The molecule has 1 aromatic heterocycles. The summed E-state index contributed by atoms with van der Waals surface area (Å²) in [6.45, 7) is 3.30. The topological polar surface area (TPSA) is 130 Å². The second-order valence-corrected chi connectivity index (χ2v) is 6.20. The van der Waals surface area contributed by atoms with Crippen molar-refractivity contribution in [2.24, 2.45) is 5.41 Å². The van der Waals surface area contributed by atoms with Crippen LogP contribution >= 0.6 is 0 Å². The number of ketones is 1. The highest BCUT2D eigenvalue weighted by molar-refractivity contribution is 6.64. The number of piperidine rings is 1. The fourth-order valence-corrected chi connectivity index (χ4v) is 3.21. The van der Waals surface area contributed by atoms with Gasteiger partial charge >= 0.3 is 11.7 Å². The Bertz CT molecular complexity index is 794. The van der Waals surface area contributed by atoms with Gasteiger partial charge in [0, 0.05) is 6.54 Å². The van der Waals surface area contributed by atoms with Gasteiger partial charge in [0.25, 0.3) is 5.78 Å². The first-order valence-corrected chi connectivity index (χ1v) is 8.71. The Kier molecular flexibility index (Phi) is 6.41. The van der Waals surface area contributed by atoms with Crippen LogP contribution in [0.2, 0.25) is 0 Å². The zero-order chi connectivity index (χ0) is 20.0. The third kappa shape index (κ3) is 3.88. The van der Waals surface area contributed by atoms with Crippen LogP contribution in [-0.2, 0) is 30.3 Å². The van der Waals surface area contributed by atoms with E-state index in [0.717, 1.165) is 4.90 Å². The molecule has 1 fully saturated rings. The highest BCUT2D eigenvalue weighted by Gasteiger charge is 2.55. The van der Waals surface area contributed by atoms with E-state index >= 15 is 0 Å². The zero-order valence-corrected chi connectivity index (χ0v) is 15.3. The Labute approximate surface area is 155 Å². The predicted octanol–water partition coefficient (Wildman–Crippen LogP) is 1.17. The van der Waals surface area contributed by atoms with Crippen molar-refractivity contribution in [3.63, 3.8) is 0 Å². The molecule has 144 valence electrons. The number of furan rings is 1. The van der Waals surface area contributed by atoms with Crippen LogP contribution in [0.15, 0.2) is 23.0 Å². The minimum absolute atomic E-state index is 0.0203. The smallest absolute Gasteiger partial charge is 0.442 e. The second kappa shape index (κ2) is 8.55. The van der Waals surface area contributed by atoms with Crippen molar-refractivity contribution in [1.82, 2.24) is 4.90 Å². The first-order chi connectivity index (χ1) is 12.9. The maximum absolute atomic E-state index is 13.1. The van der Waals surface area contributed by atoms with Crippen LogP contribution in [0, 0.1) is 5.41 Å². The molecule has 9 heteroatoms. The van der Waals surface area contributed by atoms with Crippen LogP contribution in [0.4, 0.5) is 0 Å². The number of hydrogen-bond donors (Lipinski definition) is 0. The number of Topliss-reactive ketones (excluding diaryl/α,β-unsaturated/α-hetero) is 1. The minimum Gasteiger partial charge on any atom is -0.472 e.